The van der Waals surface area contributed by atoms with Crippen LogP contribution in [0.4, 0.5) is 0 Å². The number of hydrogen-bond acceptors (Lipinski definition) is 2. The van der Waals surface area contributed by atoms with Crippen LogP contribution in [0.25, 0.3) is 0 Å². The highest BCUT2D eigenvalue weighted by molar-refractivity contribution is 5.88. The molecule has 1 amide bonds. The highest BCUT2D eigenvalue weighted by Gasteiger charge is 2.39. The molecule has 2 rings (SSSR count). The lowest BCUT2D eigenvalue weighted by molar-refractivity contribution is -0.139. The molecule has 1 aliphatic heterocycles. The molecular weight excluding hydrogens is 200 g/mol. The summed E-state index contributed by atoms with van der Waals surface area (Å²) in [5.74, 6) is 0.143. The van der Waals surface area contributed by atoms with Gasteiger partial charge in [-0.2, -0.15) is 0 Å². The molecule has 1 aromatic carbocycles. The van der Waals surface area contributed by atoms with Gasteiger partial charge >= 0.3 is 0 Å². The van der Waals surface area contributed by atoms with Crippen LogP contribution in [0.3, 0.4) is 0 Å². The number of nitrogens with one attached hydrogen (secondary N) is 1. The molecule has 0 radical (unpaired) electrons. The van der Waals surface area contributed by atoms with Crippen molar-refractivity contribution in [3.05, 3.63) is 35.4 Å². The van der Waals surface area contributed by atoms with Gasteiger partial charge in [-0.05, 0) is 19.4 Å². The number of amides is 1. The normalized spacial score (nSPS) is 25.9. The van der Waals surface area contributed by atoms with Crippen molar-refractivity contribution in [1.82, 2.24) is 10.2 Å². The number of carbonyl (C=O) groups is 1. The average molecular weight is 218 g/mol. The van der Waals surface area contributed by atoms with Gasteiger partial charge in [0.1, 0.15) is 5.54 Å². The SMILES string of the molecule is Cc1cccc(C2(C)NCCN(C)C2=O)c1. The summed E-state index contributed by atoms with van der Waals surface area (Å²) in [5.41, 5.74) is 1.66. The maximum Gasteiger partial charge on any atom is 0.246 e. The molecule has 1 heterocycles. The molecule has 1 aliphatic rings. The molecule has 0 saturated carbocycles. The Hall–Kier alpha value is -1.35. The Bertz CT molecular complexity index is 416. The lowest BCUT2D eigenvalue weighted by Gasteiger charge is -2.39. The lowest BCUT2D eigenvalue weighted by atomic mass is 9.88. The van der Waals surface area contributed by atoms with Gasteiger partial charge in [0, 0.05) is 20.1 Å². The smallest absolute Gasteiger partial charge is 0.246 e. The first kappa shape index (κ1) is 11.1. The number of hydrogen-bond donors (Lipinski definition) is 1. The molecule has 16 heavy (non-hydrogen) atoms. The van der Waals surface area contributed by atoms with E-state index in [4.69, 9.17) is 0 Å². The quantitative estimate of drug-likeness (QED) is 0.770. The van der Waals surface area contributed by atoms with E-state index in [9.17, 15) is 4.79 Å². The molecule has 1 N–H and O–H groups in total. The number of likely N-dealkylation sites (N-methyl/N-ethyl adjacent to an activating group) is 1. The van der Waals surface area contributed by atoms with Gasteiger partial charge in [-0.3, -0.25) is 10.1 Å². The summed E-state index contributed by atoms with van der Waals surface area (Å²) in [6, 6.07) is 8.13. The maximum atomic E-state index is 12.2. The Balaban J connectivity index is 2.41. The van der Waals surface area contributed by atoms with Gasteiger partial charge in [0.25, 0.3) is 0 Å². The predicted molar refractivity (Wildman–Crippen MR) is 64.2 cm³/mol. The van der Waals surface area contributed by atoms with Crippen molar-refractivity contribution in [3.63, 3.8) is 0 Å². The van der Waals surface area contributed by atoms with Crippen molar-refractivity contribution >= 4 is 5.91 Å². The molecule has 0 spiro atoms. The Morgan fingerprint density at radius 1 is 1.44 bits per heavy atom. The summed E-state index contributed by atoms with van der Waals surface area (Å²) in [7, 11) is 1.86. The zero-order valence-corrected chi connectivity index (χ0v) is 10.1. The van der Waals surface area contributed by atoms with E-state index in [1.54, 1.807) is 4.90 Å². The molecule has 3 heteroatoms. The van der Waals surface area contributed by atoms with Gasteiger partial charge in [-0.1, -0.05) is 29.8 Å². The lowest BCUT2D eigenvalue weighted by Crippen LogP contribution is -2.59. The molecule has 0 aromatic heterocycles. The second kappa shape index (κ2) is 3.91. The standard InChI is InChI=1S/C13H18N2O/c1-10-5-4-6-11(9-10)13(2)12(16)15(3)8-7-14-13/h4-6,9,14H,7-8H2,1-3H3. The Kier molecular flexibility index (Phi) is 2.72. The fourth-order valence-corrected chi connectivity index (χ4v) is 2.21. The molecule has 3 nitrogen and oxygen atoms in total. The first-order chi connectivity index (χ1) is 7.54. The van der Waals surface area contributed by atoms with Crippen LogP contribution < -0.4 is 5.32 Å². The molecule has 1 unspecified atom stereocenters. The number of rotatable bonds is 1. The summed E-state index contributed by atoms with van der Waals surface area (Å²) in [6.45, 7) is 5.62. The minimum Gasteiger partial charge on any atom is -0.343 e. The zero-order valence-electron chi connectivity index (χ0n) is 10.1. The fourth-order valence-electron chi connectivity index (χ4n) is 2.21. The Morgan fingerprint density at radius 3 is 2.88 bits per heavy atom. The largest absolute Gasteiger partial charge is 0.343 e. The van der Waals surface area contributed by atoms with Crippen molar-refractivity contribution in [1.29, 1.82) is 0 Å². The van der Waals surface area contributed by atoms with Crippen LogP contribution in [-0.2, 0) is 10.3 Å². The van der Waals surface area contributed by atoms with E-state index in [1.807, 2.05) is 39.1 Å². The van der Waals surface area contributed by atoms with Crippen molar-refractivity contribution in [3.8, 4) is 0 Å². The predicted octanol–water partition coefficient (Wildman–Crippen LogP) is 1.27. The van der Waals surface area contributed by atoms with Crippen molar-refractivity contribution in [2.75, 3.05) is 20.1 Å². The Labute approximate surface area is 96.5 Å². The number of aryl methyl sites for hydroxylation is 1. The molecular formula is C13H18N2O. The highest BCUT2D eigenvalue weighted by atomic mass is 16.2. The third-order valence-electron chi connectivity index (χ3n) is 3.30. The molecule has 1 saturated heterocycles. The molecule has 86 valence electrons. The number of piperazine rings is 1. The molecule has 0 bridgehead atoms. The van der Waals surface area contributed by atoms with Crippen LogP contribution in [0.15, 0.2) is 24.3 Å². The van der Waals surface area contributed by atoms with E-state index in [0.717, 1.165) is 18.7 Å². The van der Waals surface area contributed by atoms with Crippen LogP contribution in [-0.4, -0.2) is 30.9 Å². The first-order valence-electron chi connectivity index (χ1n) is 5.62. The number of carbonyl (C=O) groups excluding carboxylic acids is 1. The number of benzene rings is 1. The second-order valence-corrected chi connectivity index (χ2v) is 4.65. The van der Waals surface area contributed by atoms with Crippen LogP contribution in [0.2, 0.25) is 0 Å². The van der Waals surface area contributed by atoms with Gasteiger partial charge in [0.15, 0.2) is 0 Å². The van der Waals surface area contributed by atoms with E-state index in [2.05, 4.69) is 11.4 Å². The minimum atomic E-state index is -0.570. The summed E-state index contributed by atoms with van der Waals surface area (Å²) in [4.78, 5) is 14.0. The van der Waals surface area contributed by atoms with Gasteiger partial charge in [-0.25, -0.2) is 0 Å². The fraction of sp³-hybridized carbons (Fsp3) is 0.462. The van der Waals surface area contributed by atoms with Crippen molar-refractivity contribution < 1.29 is 4.79 Å². The van der Waals surface area contributed by atoms with E-state index in [1.165, 1.54) is 5.56 Å². The average Bonchev–Trinajstić information content (AvgIpc) is 2.26. The van der Waals surface area contributed by atoms with Gasteiger partial charge in [0.2, 0.25) is 5.91 Å². The molecule has 1 atom stereocenters. The van der Waals surface area contributed by atoms with Gasteiger partial charge < -0.3 is 4.90 Å². The first-order valence-corrected chi connectivity index (χ1v) is 5.62. The second-order valence-electron chi connectivity index (χ2n) is 4.65. The topological polar surface area (TPSA) is 32.3 Å². The molecule has 0 aliphatic carbocycles. The van der Waals surface area contributed by atoms with E-state index in [-0.39, 0.29) is 5.91 Å². The molecule has 1 fully saturated rings. The third-order valence-corrected chi connectivity index (χ3v) is 3.30. The Morgan fingerprint density at radius 2 is 2.19 bits per heavy atom. The number of nitrogens with zero attached hydrogens (tertiary/aromatic N) is 1. The summed E-state index contributed by atoms with van der Waals surface area (Å²) in [5, 5.41) is 3.33. The van der Waals surface area contributed by atoms with Crippen molar-refractivity contribution in [2.45, 2.75) is 19.4 Å². The summed E-state index contributed by atoms with van der Waals surface area (Å²) >= 11 is 0. The summed E-state index contributed by atoms with van der Waals surface area (Å²) < 4.78 is 0. The minimum absolute atomic E-state index is 0.143. The third kappa shape index (κ3) is 1.71. The maximum absolute atomic E-state index is 12.2. The van der Waals surface area contributed by atoms with Crippen LogP contribution in [0.5, 0.6) is 0 Å². The van der Waals surface area contributed by atoms with Crippen LogP contribution in [0.1, 0.15) is 18.1 Å². The molecule has 1 aromatic rings. The van der Waals surface area contributed by atoms with Crippen molar-refractivity contribution in [2.24, 2.45) is 0 Å². The zero-order chi connectivity index (χ0) is 11.8. The van der Waals surface area contributed by atoms with Crippen LogP contribution >= 0.6 is 0 Å². The van der Waals surface area contributed by atoms with Gasteiger partial charge in [-0.15, -0.1) is 0 Å². The monoisotopic (exact) mass is 218 g/mol. The van der Waals surface area contributed by atoms with E-state index >= 15 is 0 Å². The highest BCUT2D eigenvalue weighted by Crippen LogP contribution is 2.25. The van der Waals surface area contributed by atoms with E-state index in [0.29, 0.717) is 0 Å². The summed E-state index contributed by atoms with van der Waals surface area (Å²) in [6.07, 6.45) is 0. The van der Waals surface area contributed by atoms with E-state index < -0.39 is 5.54 Å². The van der Waals surface area contributed by atoms with Crippen LogP contribution in [0, 0.1) is 6.92 Å². The van der Waals surface area contributed by atoms with Gasteiger partial charge in [0.05, 0.1) is 0 Å².